The number of nitrogens with one attached hydrogen (secondary N) is 1. The fourth-order valence-corrected chi connectivity index (χ4v) is 3.00. The van der Waals surface area contributed by atoms with Crippen LogP contribution < -0.4 is 9.64 Å². The van der Waals surface area contributed by atoms with Crippen LogP contribution in [0.15, 0.2) is 47.5 Å². The molecule has 0 bridgehead atoms. The molecule has 1 aliphatic rings. The van der Waals surface area contributed by atoms with Crippen LogP contribution >= 0.6 is 11.8 Å². The number of aromatic nitrogens is 1. The molecule has 0 aliphatic carbocycles. The highest BCUT2D eigenvalue weighted by molar-refractivity contribution is 8.19. The van der Waals surface area contributed by atoms with Gasteiger partial charge in [0, 0.05) is 11.9 Å². The van der Waals surface area contributed by atoms with Gasteiger partial charge in [0.2, 0.25) is 0 Å². The smallest absolute Gasteiger partial charge is 0.298 e. The molecule has 1 N–H and O–H groups in total. The van der Waals surface area contributed by atoms with E-state index in [1.165, 1.54) is 0 Å². The van der Waals surface area contributed by atoms with Crippen molar-refractivity contribution in [1.29, 1.82) is 0 Å². The zero-order chi connectivity index (χ0) is 15.5. The van der Waals surface area contributed by atoms with Gasteiger partial charge in [-0.15, -0.1) is 0 Å². The van der Waals surface area contributed by atoms with Crippen LogP contribution in [0.5, 0.6) is 5.75 Å². The third-order valence-corrected chi connectivity index (χ3v) is 3.98. The predicted octanol–water partition coefficient (Wildman–Crippen LogP) is 3.65. The van der Waals surface area contributed by atoms with Crippen molar-refractivity contribution >= 4 is 34.7 Å². The van der Waals surface area contributed by atoms with E-state index in [0.717, 1.165) is 22.4 Å². The minimum Gasteiger partial charge on any atom is -0.492 e. The molecule has 0 unspecified atom stereocenters. The molecule has 0 atom stereocenters. The van der Waals surface area contributed by atoms with Crippen molar-refractivity contribution in [3.8, 4) is 5.75 Å². The lowest BCUT2D eigenvalue weighted by atomic mass is 10.2. The van der Waals surface area contributed by atoms with E-state index < -0.39 is 0 Å². The van der Waals surface area contributed by atoms with Crippen LogP contribution in [-0.2, 0) is 4.79 Å². The van der Waals surface area contributed by atoms with Gasteiger partial charge in [0.25, 0.3) is 11.1 Å². The summed E-state index contributed by atoms with van der Waals surface area (Å²) in [5.41, 5.74) is 1.25. The van der Waals surface area contributed by atoms with Crippen LogP contribution in [0.2, 0.25) is 0 Å². The highest BCUT2D eigenvalue weighted by Crippen LogP contribution is 2.39. The van der Waals surface area contributed by atoms with E-state index >= 15 is 0 Å². The molecule has 0 saturated carbocycles. The van der Waals surface area contributed by atoms with Crippen LogP contribution in [0.3, 0.4) is 0 Å². The first kappa shape index (κ1) is 14.5. The number of anilines is 1. The number of hydrogen-bond acceptors (Lipinski definition) is 4. The summed E-state index contributed by atoms with van der Waals surface area (Å²) >= 11 is 0.925. The first-order chi connectivity index (χ1) is 10.7. The summed E-state index contributed by atoms with van der Waals surface area (Å²) in [4.78, 5) is 29.3. The Labute approximate surface area is 132 Å². The first-order valence-corrected chi connectivity index (χ1v) is 7.65. The second kappa shape index (κ2) is 6.11. The van der Waals surface area contributed by atoms with E-state index in [-0.39, 0.29) is 11.1 Å². The summed E-state index contributed by atoms with van der Waals surface area (Å²) in [5.74, 6) is 0.185. The van der Waals surface area contributed by atoms with Gasteiger partial charge in [-0.3, -0.25) is 9.59 Å². The normalized spacial score (nSPS) is 16.6. The number of carbonyl (C=O) groups is 2. The van der Waals surface area contributed by atoms with Gasteiger partial charge in [-0.25, -0.2) is 4.90 Å². The lowest BCUT2D eigenvalue weighted by molar-refractivity contribution is -0.113. The van der Waals surface area contributed by atoms with Gasteiger partial charge < -0.3 is 9.72 Å². The number of imide groups is 1. The van der Waals surface area contributed by atoms with E-state index in [1.807, 2.05) is 25.1 Å². The van der Waals surface area contributed by atoms with Crippen molar-refractivity contribution in [2.75, 3.05) is 11.5 Å². The predicted molar refractivity (Wildman–Crippen MR) is 86.9 cm³/mol. The lowest BCUT2D eigenvalue weighted by Gasteiger charge is -2.16. The van der Waals surface area contributed by atoms with Gasteiger partial charge in [-0.1, -0.05) is 12.1 Å². The fourth-order valence-electron chi connectivity index (χ4n) is 2.17. The maximum absolute atomic E-state index is 12.5. The van der Waals surface area contributed by atoms with Gasteiger partial charge in [-0.2, -0.15) is 0 Å². The average Bonchev–Trinajstić information content (AvgIpc) is 3.10. The van der Waals surface area contributed by atoms with E-state index in [0.29, 0.717) is 22.9 Å². The Morgan fingerprint density at radius 3 is 2.77 bits per heavy atom. The Bertz CT molecular complexity index is 738. The molecular weight excluding hydrogens is 300 g/mol. The molecule has 1 fully saturated rings. The van der Waals surface area contributed by atoms with Gasteiger partial charge in [-0.05, 0) is 49.0 Å². The Morgan fingerprint density at radius 2 is 2.05 bits per heavy atom. The van der Waals surface area contributed by atoms with Crippen LogP contribution in [0.4, 0.5) is 10.5 Å². The minimum atomic E-state index is -0.336. The summed E-state index contributed by atoms with van der Waals surface area (Å²) in [6.45, 7) is 2.32. The Hall–Kier alpha value is -2.47. The molecule has 1 aromatic heterocycles. The number of carbonyl (C=O) groups excluding carboxylic acids is 2. The number of rotatable bonds is 4. The zero-order valence-corrected chi connectivity index (χ0v) is 12.7. The average molecular weight is 314 g/mol. The van der Waals surface area contributed by atoms with Crippen LogP contribution in [0.1, 0.15) is 12.6 Å². The molecule has 1 aromatic carbocycles. The SMILES string of the molecule is CCOc1ccccc1N1C(=O)S/C(=C/c2ccc[nH]2)C1=O. The summed E-state index contributed by atoms with van der Waals surface area (Å²) < 4.78 is 5.51. The van der Waals surface area contributed by atoms with Gasteiger partial charge in [0.15, 0.2) is 0 Å². The molecule has 0 spiro atoms. The van der Waals surface area contributed by atoms with Crippen molar-refractivity contribution < 1.29 is 14.3 Å². The molecule has 5 nitrogen and oxygen atoms in total. The Kier molecular flexibility index (Phi) is 4.02. The maximum atomic E-state index is 12.5. The third kappa shape index (κ3) is 2.65. The highest BCUT2D eigenvalue weighted by atomic mass is 32.2. The number of nitrogens with zero attached hydrogens (tertiary/aromatic N) is 1. The van der Waals surface area contributed by atoms with Crippen LogP contribution in [0.25, 0.3) is 6.08 Å². The van der Waals surface area contributed by atoms with Gasteiger partial charge in [0.05, 0.1) is 17.2 Å². The Balaban J connectivity index is 1.96. The molecule has 6 heteroatoms. The number of amides is 2. The maximum Gasteiger partial charge on any atom is 0.298 e. The van der Waals surface area contributed by atoms with Crippen molar-refractivity contribution in [3.05, 3.63) is 53.2 Å². The summed E-state index contributed by atoms with van der Waals surface area (Å²) in [6.07, 6.45) is 3.44. The number of para-hydroxylation sites is 2. The standard InChI is InChI=1S/C16H14N2O3S/c1-2-21-13-8-4-3-7-12(13)18-15(19)14(22-16(18)20)10-11-6-5-9-17-11/h3-10,17H,2H2,1H3/b14-10+. The second-order valence-electron chi connectivity index (χ2n) is 4.54. The monoisotopic (exact) mass is 314 g/mol. The topological polar surface area (TPSA) is 62.4 Å². The van der Waals surface area contributed by atoms with Gasteiger partial charge >= 0.3 is 0 Å². The molecule has 2 heterocycles. The lowest BCUT2D eigenvalue weighted by Crippen LogP contribution is -2.28. The van der Waals surface area contributed by atoms with Gasteiger partial charge in [0.1, 0.15) is 5.75 Å². The first-order valence-electron chi connectivity index (χ1n) is 6.84. The van der Waals surface area contributed by atoms with Crippen molar-refractivity contribution in [2.24, 2.45) is 0 Å². The summed E-state index contributed by atoms with van der Waals surface area (Å²) in [7, 11) is 0. The van der Waals surface area contributed by atoms with E-state index in [9.17, 15) is 9.59 Å². The van der Waals surface area contributed by atoms with E-state index in [2.05, 4.69) is 4.98 Å². The fraction of sp³-hybridized carbons (Fsp3) is 0.125. The summed E-state index contributed by atoms with van der Waals surface area (Å²) in [6, 6.07) is 10.7. The number of aromatic amines is 1. The van der Waals surface area contributed by atoms with Crippen LogP contribution in [-0.4, -0.2) is 22.7 Å². The van der Waals surface area contributed by atoms with Crippen molar-refractivity contribution in [2.45, 2.75) is 6.92 Å². The quantitative estimate of drug-likeness (QED) is 0.875. The van der Waals surface area contributed by atoms with Crippen molar-refractivity contribution in [3.63, 3.8) is 0 Å². The molecule has 2 amide bonds. The number of ether oxygens (including phenoxy) is 1. The molecule has 2 aromatic rings. The minimum absolute atomic E-state index is 0.324. The number of benzene rings is 1. The molecular formula is C16H14N2O3S. The van der Waals surface area contributed by atoms with E-state index in [4.69, 9.17) is 4.74 Å². The van der Waals surface area contributed by atoms with E-state index in [1.54, 1.807) is 30.5 Å². The van der Waals surface area contributed by atoms with Crippen LogP contribution in [0, 0.1) is 0 Å². The molecule has 1 aliphatic heterocycles. The largest absolute Gasteiger partial charge is 0.492 e. The Morgan fingerprint density at radius 1 is 1.23 bits per heavy atom. The third-order valence-electron chi connectivity index (χ3n) is 3.11. The molecule has 22 heavy (non-hydrogen) atoms. The molecule has 0 radical (unpaired) electrons. The number of thioether (sulfide) groups is 1. The highest BCUT2D eigenvalue weighted by Gasteiger charge is 2.37. The molecule has 112 valence electrons. The molecule has 1 saturated heterocycles. The number of H-pyrrole nitrogens is 1. The summed E-state index contributed by atoms with van der Waals surface area (Å²) in [5, 5.41) is -0.324. The van der Waals surface area contributed by atoms with Crippen molar-refractivity contribution in [1.82, 2.24) is 4.98 Å². The number of hydrogen-bond donors (Lipinski definition) is 1. The molecule has 3 rings (SSSR count). The zero-order valence-electron chi connectivity index (χ0n) is 11.9. The second-order valence-corrected chi connectivity index (χ2v) is 5.54.